The predicted octanol–water partition coefficient (Wildman–Crippen LogP) is 13.5. The van der Waals surface area contributed by atoms with E-state index >= 15 is 0 Å². The molecule has 8 aromatic carbocycles. The molecule has 0 spiro atoms. The molecule has 2 aromatic heterocycles. The van der Waals surface area contributed by atoms with Gasteiger partial charge in [-0.05, 0) is 95.1 Å². The van der Waals surface area contributed by atoms with Crippen LogP contribution in [-0.4, -0.2) is 4.57 Å². The second-order valence-corrected chi connectivity index (χ2v) is 13.0. The first-order chi connectivity index (χ1) is 25.3. The molecule has 0 radical (unpaired) electrons. The number of aromatic nitrogens is 1. The third-order valence-corrected chi connectivity index (χ3v) is 10.0. The highest BCUT2D eigenvalue weighted by Crippen LogP contribution is 2.39. The Morgan fingerprint density at radius 3 is 1.51 bits per heavy atom. The minimum atomic E-state index is 0.915. The zero-order valence-corrected chi connectivity index (χ0v) is 27.8. The lowest BCUT2D eigenvalue weighted by atomic mass is 9.97. The van der Waals surface area contributed by atoms with Crippen molar-refractivity contribution in [2.75, 3.05) is 4.90 Å². The summed E-state index contributed by atoms with van der Waals surface area (Å²) in [5.41, 5.74) is 13.4. The largest absolute Gasteiger partial charge is 0.456 e. The van der Waals surface area contributed by atoms with E-state index in [1.807, 2.05) is 18.2 Å². The first-order valence-electron chi connectivity index (χ1n) is 17.4. The van der Waals surface area contributed by atoms with Crippen molar-refractivity contribution in [3.05, 3.63) is 194 Å². The predicted molar refractivity (Wildman–Crippen MR) is 214 cm³/mol. The smallest absolute Gasteiger partial charge is 0.136 e. The number of benzene rings is 8. The fourth-order valence-electron chi connectivity index (χ4n) is 7.64. The Labute approximate surface area is 295 Å². The fourth-order valence-corrected chi connectivity index (χ4v) is 7.64. The lowest BCUT2D eigenvalue weighted by Crippen LogP contribution is -2.10. The summed E-state index contributed by atoms with van der Waals surface area (Å²) >= 11 is 0. The maximum absolute atomic E-state index is 6.15. The molecule has 10 rings (SSSR count). The zero-order valence-electron chi connectivity index (χ0n) is 27.8. The van der Waals surface area contributed by atoms with E-state index in [4.69, 9.17) is 4.42 Å². The number of anilines is 3. The van der Waals surface area contributed by atoms with Gasteiger partial charge in [-0.15, -0.1) is 0 Å². The number of hydrogen-bond acceptors (Lipinski definition) is 2. The van der Waals surface area contributed by atoms with Crippen molar-refractivity contribution in [1.82, 2.24) is 4.57 Å². The van der Waals surface area contributed by atoms with E-state index < -0.39 is 0 Å². The van der Waals surface area contributed by atoms with Gasteiger partial charge < -0.3 is 13.9 Å². The lowest BCUT2D eigenvalue weighted by Gasteiger charge is -2.26. The van der Waals surface area contributed by atoms with Gasteiger partial charge in [0.05, 0.1) is 11.0 Å². The van der Waals surface area contributed by atoms with Crippen LogP contribution >= 0.6 is 0 Å². The molecule has 0 unspecified atom stereocenters. The molecular weight excluding hydrogens is 621 g/mol. The maximum Gasteiger partial charge on any atom is 0.136 e. The van der Waals surface area contributed by atoms with E-state index in [0.29, 0.717) is 0 Å². The van der Waals surface area contributed by atoms with Crippen molar-refractivity contribution in [2.24, 2.45) is 0 Å². The van der Waals surface area contributed by atoms with Crippen molar-refractivity contribution in [1.29, 1.82) is 0 Å². The van der Waals surface area contributed by atoms with Gasteiger partial charge in [-0.3, -0.25) is 0 Å². The van der Waals surface area contributed by atoms with Gasteiger partial charge in [0.2, 0.25) is 0 Å². The lowest BCUT2D eigenvalue weighted by molar-refractivity contribution is 0.669. The first-order valence-corrected chi connectivity index (χ1v) is 17.4. The molecule has 2 heterocycles. The standard InChI is InChI=1S/C48H32N2O/c1-2-11-36(12-3-1)49(38-29-31-39(32-30-38)50-44-17-7-4-13-41(44)42-14-5-8-18-45(42)50)37-27-25-34(26-28-37)33-21-23-35(24-22-33)40-16-10-20-47-48(40)43-15-6-9-19-46(43)51-47/h1-32H. The highest BCUT2D eigenvalue weighted by atomic mass is 16.3. The maximum atomic E-state index is 6.15. The summed E-state index contributed by atoms with van der Waals surface area (Å²) in [4.78, 5) is 2.32. The minimum Gasteiger partial charge on any atom is -0.456 e. The van der Waals surface area contributed by atoms with Crippen molar-refractivity contribution in [2.45, 2.75) is 0 Å². The summed E-state index contributed by atoms with van der Waals surface area (Å²) < 4.78 is 8.51. The van der Waals surface area contributed by atoms with E-state index in [1.165, 1.54) is 44.1 Å². The number of rotatable bonds is 6. The third-order valence-electron chi connectivity index (χ3n) is 10.0. The summed E-state index contributed by atoms with van der Waals surface area (Å²) in [7, 11) is 0. The van der Waals surface area contributed by atoms with Crippen LogP contribution < -0.4 is 4.90 Å². The van der Waals surface area contributed by atoms with Gasteiger partial charge in [-0.1, -0.05) is 121 Å². The van der Waals surface area contributed by atoms with Crippen molar-refractivity contribution >= 4 is 60.8 Å². The molecular formula is C48H32N2O. The molecule has 0 fully saturated rings. The van der Waals surface area contributed by atoms with Crippen LogP contribution in [0, 0.1) is 0 Å². The molecule has 0 aliphatic rings. The molecule has 10 aromatic rings. The monoisotopic (exact) mass is 652 g/mol. The SMILES string of the molecule is c1ccc(N(c2ccc(-c3ccc(-c4cccc5oc6ccccc6c45)cc3)cc2)c2ccc(-n3c4ccccc4c4ccccc43)cc2)cc1. The zero-order chi connectivity index (χ0) is 33.7. The van der Waals surface area contributed by atoms with Crippen molar-refractivity contribution in [3.8, 4) is 27.9 Å². The number of hydrogen-bond donors (Lipinski definition) is 0. The van der Waals surface area contributed by atoms with E-state index in [0.717, 1.165) is 44.7 Å². The average Bonchev–Trinajstić information content (AvgIpc) is 3.75. The third kappa shape index (κ3) is 4.90. The Hall–Kier alpha value is -6.84. The highest BCUT2D eigenvalue weighted by molar-refractivity contribution is 6.12. The van der Waals surface area contributed by atoms with Gasteiger partial charge in [-0.25, -0.2) is 0 Å². The van der Waals surface area contributed by atoms with Gasteiger partial charge in [0.15, 0.2) is 0 Å². The normalized spacial score (nSPS) is 11.5. The molecule has 240 valence electrons. The van der Waals surface area contributed by atoms with Crippen LogP contribution in [0.3, 0.4) is 0 Å². The van der Waals surface area contributed by atoms with Crippen molar-refractivity contribution in [3.63, 3.8) is 0 Å². The highest BCUT2D eigenvalue weighted by Gasteiger charge is 2.16. The van der Waals surface area contributed by atoms with Crippen LogP contribution in [-0.2, 0) is 0 Å². The van der Waals surface area contributed by atoms with Gasteiger partial charge in [0.25, 0.3) is 0 Å². The van der Waals surface area contributed by atoms with Crippen LogP contribution in [0.25, 0.3) is 71.7 Å². The van der Waals surface area contributed by atoms with Gasteiger partial charge >= 0.3 is 0 Å². The van der Waals surface area contributed by atoms with Crippen LogP contribution in [0.5, 0.6) is 0 Å². The van der Waals surface area contributed by atoms with Gasteiger partial charge in [0, 0.05) is 44.3 Å². The number of fused-ring (bicyclic) bond motifs is 6. The van der Waals surface area contributed by atoms with Crippen LogP contribution in [0.4, 0.5) is 17.1 Å². The molecule has 0 N–H and O–H groups in total. The average molecular weight is 653 g/mol. The Bertz CT molecular complexity index is 2770. The molecule has 0 saturated heterocycles. The molecule has 0 amide bonds. The van der Waals surface area contributed by atoms with E-state index in [-0.39, 0.29) is 0 Å². The summed E-state index contributed by atoms with van der Waals surface area (Å²) in [5, 5.41) is 4.84. The topological polar surface area (TPSA) is 21.3 Å². The minimum absolute atomic E-state index is 0.915. The van der Waals surface area contributed by atoms with E-state index in [1.54, 1.807) is 0 Å². The second kappa shape index (κ2) is 11.9. The molecule has 0 aliphatic carbocycles. The number of nitrogens with zero attached hydrogens (tertiary/aromatic N) is 2. The van der Waals surface area contributed by atoms with Gasteiger partial charge in [-0.2, -0.15) is 0 Å². The van der Waals surface area contributed by atoms with Crippen LogP contribution in [0.2, 0.25) is 0 Å². The number of furan rings is 1. The molecule has 0 bridgehead atoms. The number of para-hydroxylation sites is 4. The summed E-state index contributed by atoms with van der Waals surface area (Å²) in [6, 6.07) is 69.1. The second-order valence-electron chi connectivity index (χ2n) is 13.0. The molecule has 3 heteroatoms. The Morgan fingerprint density at radius 1 is 0.353 bits per heavy atom. The van der Waals surface area contributed by atoms with Crippen molar-refractivity contribution < 1.29 is 4.42 Å². The molecule has 0 aliphatic heterocycles. The Kier molecular flexibility index (Phi) is 6.81. The summed E-state index contributed by atoms with van der Waals surface area (Å²) in [6.07, 6.45) is 0. The Balaban J connectivity index is 0.985. The molecule has 3 nitrogen and oxygen atoms in total. The molecule has 0 atom stereocenters. The van der Waals surface area contributed by atoms with E-state index in [2.05, 4.69) is 185 Å². The quantitative estimate of drug-likeness (QED) is 0.178. The van der Waals surface area contributed by atoms with Gasteiger partial charge in [0.1, 0.15) is 11.2 Å². The van der Waals surface area contributed by atoms with E-state index in [9.17, 15) is 0 Å². The summed E-state index contributed by atoms with van der Waals surface area (Å²) in [5.74, 6) is 0. The molecule has 51 heavy (non-hydrogen) atoms. The Morgan fingerprint density at radius 2 is 0.843 bits per heavy atom. The first kappa shape index (κ1) is 29.1. The summed E-state index contributed by atoms with van der Waals surface area (Å²) in [6.45, 7) is 0. The molecule has 0 saturated carbocycles. The van der Waals surface area contributed by atoms with Crippen LogP contribution in [0.15, 0.2) is 199 Å². The van der Waals surface area contributed by atoms with Crippen LogP contribution in [0.1, 0.15) is 0 Å². The fraction of sp³-hybridized carbons (Fsp3) is 0.